The highest BCUT2D eigenvalue weighted by Crippen LogP contribution is 2.33. The summed E-state index contributed by atoms with van der Waals surface area (Å²) < 4.78 is 0. The lowest BCUT2D eigenvalue weighted by molar-refractivity contribution is 0.448. The number of aromatic hydroxyl groups is 2. The summed E-state index contributed by atoms with van der Waals surface area (Å²) in [5.41, 5.74) is 1.19. The van der Waals surface area contributed by atoms with Gasteiger partial charge >= 0.3 is 0 Å². The number of hydrogen-bond acceptors (Lipinski definition) is 3. The lowest BCUT2D eigenvalue weighted by Gasteiger charge is -2.04. The quantitative estimate of drug-likeness (QED) is 0.629. The molecule has 0 spiro atoms. The zero-order valence-corrected chi connectivity index (χ0v) is 9.45. The molecule has 0 radical (unpaired) electrons. The molecule has 0 unspecified atom stereocenters. The Balaban J connectivity index is 2.08. The van der Waals surface area contributed by atoms with E-state index in [4.69, 9.17) is 0 Å². The number of phenolic OH excluding ortho intramolecular Hbond substituents is 2. The molecule has 0 bridgehead atoms. The fraction of sp³-hybridized carbons (Fsp3) is 0.0769. The molecule has 0 aromatic heterocycles. The molecule has 0 heterocycles. The topological polar surface area (TPSA) is 40.5 Å². The van der Waals surface area contributed by atoms with Crippen LogP contribution >= 0.6 is 11.8 Å². The average molecular weight is 232 g/mol. The zero-order valence-electron chi connectivity index (χ0n) is 8.63. The van der Waals surface area contributed by atoms with Crippen LogP contribution in [0, 0.1) is 0 Å². The van der Waals surface area contributed by atoms with Crippen LogP contribution in [0.15, 0.2) is 53.4 Å². The van der Waals surface area contributed by atoms with Crippen LogP contribution in [0.3, 0.4) is 0 Å². The molecule has 16 heavy (non-hydrogen) atoms. The van der Waals surface area contributed by atoms with Crippen molar-refractivity contribution in [1.29, 1.82) is 0 Å². The van der Waals surface area contributed by atoms with E-state index in [-0.39, 0.29) is 11.5 Å². The molecule has 2 aromatic carbocycles. The fourth-order valence-corrected chi connectivity index (χ4v) is 2.29. The fourth-order valence-electron chi connectivity index (χ4n) is 1.35. The molecule has 2 nitrogen and oxygen atoms in total. The SMILES string of the molecule is Oc1ccc(O)c(SCc2ccccc2)c1. The Kier molecular flexibility index (Phi) is 3.37. The Labute approximate surface area is 98.6 Å². The van der Waals surface area contributed by atoms with E-state index >= 15 is 0 Å². The summed E-state index contributed by atoms with van der Waals surface area (Å²) in [6, 6.07) is 14.6. The molecular weight excluding hydrogens is 220 g/mol. The van der Waals surface area contributed by atoms with Gasteiger partial charge in [0.15, 0.2) is 0 Å². The van der Waals surface area contributed by atoms with E-state index in [0.29, 0.717) is 4.90 Å². The Morgan fingerprint density at radius 3 is 2.44 bits per heavy atom. The predicted molar refractivity (Wildman–Crippen MR) is 65.8 cm³/mol. The lowest BCUT2D eigenvalue weighted by atomic mass is 10.2. The minimum absolute atomic E-state index is 0.174. The van der Waals surface area contributed by atoms with Crippen molar-refractivity contribution in [3.63, 3.8) is 0 Å². The van der Waals surface area contributed by atoms with Crippen molar-refractivity contribution in [3.8, 4) is 11.5 Å². The maximum absolute atomic E-state index is 9.58. The third-order valence-electron chi connectivity index (χ3n) is 2.18. The summed E-state index contributed by atoms with van der Waals surface area (Å²) in [6.45, 7) is 0. The Morgan fingerprint density at radius 2 is 1.69 bits per heavy atom. The minimum atomic E-state index is 0.174. The molecule has 2 rings (SSSR count). The van der Waals surface area contributed by atoms with Crippen LogP contribution in [0.2, 0.25) is 0 Å². The standard InChI is InChI=1S/C13H12O2S/c14-11-6-7-12(15)13(8-11)16-9-10-4-2-1-3-5-10/h1-8,14-15H,9H2. The second-order valence-electron chi connectivity index (χ2n) is 3.43. The van der Waals surface area contributed by atoms with Crippen LogP contribution in [0.5, 0.6) is 11.5 Å². The van der Waals surface area contributed by atoms with Crippen molar-refractivity contribution in [2.45, 2.75) is 10.6 Å². The van der Waals surface area contributed by atoms with Crippen LogP contribution in [0.4, 0.5) is 0 Å². The monoisotopic (exact) mass is 232 g/mol. The Morgan fingerprint density at radius 1 is 0.938 bits per heavy atom. The van der Waals surface area contributed by atoms with Gasteiger partial charge in [-0.2, -0.15) is 0 Å². The van der Waals surface area contributed by atoms with E-state index in [1.54, 1.807) is 6.07 Å². The van der Waals surface area contributed by atoms with Gasteiger partial charge in [-0.05, 0) is 23.8 Å². The summed E-state index contributed by atoms with van der Waals surface area (Å²) in [5, 5.41) is 18.9. The molecule has 82 valence electrons. The Bertz CT molecular complexity index is 469. The maximum atomic E-state index is 9.58. The molecule has 3 heteroatoms. The van der Waals surface area contributed by atoms with Crippen molar-refractivity contribution < 1.29 is 10.2 Å². The smallest absolute Gasteiger partial charge is 0.129 e. The lowest BCUT2D eigenvalue weighted by Crippen LogP contribution is -1.80. The number of thioether (sulfide) groups is 1. The average Bonchev–Trinajstić information content (AvgIpc) is 2.32. The van der Waals surface area contributed by atoms with E-state index in [9.17, 15) is 10.2 Å². The van der Waals surface area contributed by atoms with Gasteiger partial charge in [0.1, 0.15) is 11.5 Å². The molecule has 0 saturated heterocycles. The summed E-state index contributed by atoms with van der Waals surface area (Å²) in [5.74, 6) is 1.16. The van der Waals surface area contributed by atoms with Gasteiger partial charge in [0.2, 0.25) is 0 Å². The summed E-state index contributed by atoms with van der Waals surface area (Å²) >= 11 is 1.50. The number of rotatable bonds is 3. The molecule has 0 aliphatic heterocycles. The highest BCUT2D eigenvalue weighted by molar-refractivity contribution is 7.98. The van der Waals surface area contributed by atoms with Gasteiger partial charge in [-0.1, -0.05) is 30.3 Å². The van der Waals surface area contributed by atoms with Gasteiger partial charge < -0.3 is 10.2 Å². The highest BCUT2D eigenvalue weighted by Gasteiger charge is 2.03. The third kappa shape index (κ3) is 2.70. The molecule has 2 aromatic rings. The van der Waals surface area contributed by atoms with Crippen LogP contribution in [-0.4, -0.2) is 10.2 Å². The van der Waals surface area contributed by atoms with Crippen molar-refractivity contribution in [2.24, 2.45) is 0 Å². The minimum Gasteiger partial charge on any atom is -0.508 e. The van der Waals surface area contributed by atoms with Crippen molar-refractivity contribution in [3.05, 3.63) is 54.1 Å². The summed E-state index contributed by atoms with van der Waals surface area (Å²) in [6.07, 6.45) is 0. The van der Waals surface area contributed by atoms with Crippen LogP contribution in [-0.2, 0) is 5.75 Å². The van der Waals surface area contributed by atoms with Crippen LogP contribution in [0.1, 0.15) is 5.56 Å². The van der Waals surface area contributed by atoms with Gasteiger partial charge in [-0.15, -0.1) is 11.8 Å². The van der Waals surface area contributed by atoms with Gasteiger partial charge in [0.25, 0.3) is 0 Å². The second kappa shape index (κ2) is 4.94. The molecule has 0 atom stereocenters. The van der Waals surface area contributed by atoms with Crippen molar-refractivity contribution in [2.75, 3.05) is 0 Å². The van der Waals surface area contributed by atoms with Gasteiger partial charge in [-0.3, -0.25) is 0 Å². The number of benzene rings is 2. The van der Waals surface area contributed by atoms with E-state index < -0.39 is 0 Å². The van der Waals surface area contributed by atoms with E-state index in [2.05, 4.69) is 0 Å². The van der Waals surface area contributed by atoms with Crippen molar-refractivity contribution >= 4 is 11.8 Å². The van der Waals surface area contributed by atoms with Crippen molar-refractivity contribution in [1.82, 2.24) is 0 Å². The molecular formula is C13H12O2S. The van der Waals surface area contributed by atoms with E-state index in [1.807, 2.05) is 30.3 Å². The third-order valence-corrected chi connectivity index (χ3v) is 3.30. The Hall–Kier alpha value is -1.61. The second-order valence-corrected chi connectivity index (χ2v) is 4.44. The first-order valence-corrected chi connectivity index (χ1v) is 5.93. The summed E-state index contributed by atoms with van der Waals surface area (Å²) in [7, 11) is 0. The molecule has 0 aliphatic carbocycles. The van der Waals surface area contributed by atoms with Crippen LogP contribution in [0.25, 0.3) is 0 Å². The van der Waals surface area contributed by atoms with E-state index in [1.165, 1.54) is 29.5 Å². The molecule has 2 N–H and O–H groups in total. The van der Waals surface area contributed by atoms with Crippen LogP contribution < -0.4 is 0 Å². The summed E-state index contributed by atoms with van der Waals surface area (Å²) in [4.78, 5) is 0.698. The van der Waals surface area contributed by atoms with E-state index in [0.717, 1.165) is 5.75 Å². The first-order chi connectivity index (χ1) is 7.75. The molecule has 0 aliphatic rings. The van der Waals surface area contributed by atoms with Gasteiger partial charge in [-0.25, -0.2) is 0 Å². The predicted octanol–water partition coefficient (Wildman–Crippen LogP) is 3.39. The normalized spacial score (nSPS) is 10.2. The first-order valence-electron chi connectivity index (χ1n) is 4.94. The number of phenols is 2. The molecule has 0 amide bonds. The zero-order chi connectivity index (χ0) is 11.4. The maximum Gasteiger partial charge on any atom is 0.129 e. The van der Waals surface area contributed by atoms with Gasteiger partial charge in [0.05, 0.1) is 4.90 Å². The highest BCUT2D eigenvalue weighted by atomic mass is 32.2. The molecule has 0 fully saturated rings. The number of hydrogen-bond donors (Lipinski definition) is 2. The molecule has 0 saturated carbocycles. The van der Waals surface area contributed by atoms with Gasteiger partial charge in [0, 0.05) is 5.75 Å². The first kappa shape index (κ1) is 10.9. The largest absolute Gasteiger partial charge is 0.508 e.